The summed E-state index contributed by atoms with van der Waals surface area (Å²) in [4.78, 5) is 21.6. The molecule has 0 unspecified atom stereocenters. The van der Waals surface area contributed by atoms with Crippen molar-refractivity contribution in [1.29, 1.82) is 0 Å². The second-order valence-electron chi connectivity index (χ2n) is 3.13. The Labute approximate surface area is 105 Å². The summed E-state index contributed by atoms with van der Waals surface area (Å²) < 4.78 is 28.9. The lowest BCUT2D eigenvalue weighted by Gasteiger charge is -2.11. The minimum absolute atomic E-state index is 0.100. The van der Waals surface area contributed by atoms with Crippen LogP contribution in [0.5, 0.6) is 5.75 Å². The third kappa shape index (κ3) is 3.07. The number of carboxylic acids is 1. The highest BCUT2D eigenvalue weighted by atomic mass is 35.5. The van der Waals surface area contributed by atoms with Crippen molar-refractivity contribution < 1.29 is 28.2 Å². The Morgan fingerprint density at radius 3 is 2.50 bits per heavy atom. The number of carbonyl (C=O) groups excluding carboxylic acids is 1. The van der Waals surface area contributed by atoms with E-state index in [0.29, 0.717) is 0 Å². The van der Waals surface area contributed by atoms with E-state index in [1.165, 1.54) is 7.11 Å². The molecule has 0 fully saturated rings. The molecule has 1 rings (SSSR count). The number of amides is 1. The van der Waals surface area contributed by atoms with Gasteiger partial charge >= 0.3 is 12.4 Å². The Hall–Kier alpha value is -1.89. The molecule has 18 heavy (non-hydrogen) atoms. The summed E-state index contributed by atoms with van der Waals surface area (Å²) in [7, 11) is 1.20. The average Bonchev–Trinajstić information content (AvgIpc) is 2.30. The lowest BCUT2D eigenvalue weighted by molar-refractivity contribution is -0.126. The zero-order chi connectivity index (χ0) is 13.9. The molecule has 0 saturated carbocycles. The van der Waals surface area contributed by atoms with Crippen LogP contribution < -0.4 is 10.1 Å². The normalized spacial score (nSPS) is 10.3. The lowest BCUT2D eigenvalue weighted by atomic mass is 10.2. The maximum Gasteiger partial charge on any atom is 0.339 e. The van der Waals surface area contributed by atoms with Crippen molar-refractivity contribution in [3.63, 3.8) is 0 Å². The van der Waals surface area contributed by atoms with Crippen molar-refractivity contribution >= 4 is 29.2 Å². The second kappa shape index (κ2) is 5.63. The van der Waals surface area contributed by atoms with E-state index in [9.17, 15) is 18.4 Å². The molecule has 1 aromatic rings. The Balaban J connectivity index is 3.15. The fraction of sp³-hybridized carbons (Fsp3) is 0.200. The Kier molecular flexibility index (Phi) is 4.43. The summed E-state index contributed by atoms with van der Waals surface area (Å²) in [5, 5.41) is 10.5. The van der Waals surface area contributed by atoms with E-state index in [1.807, 2.05) is 5.32 Å². The van der Waals surface area contributed by atoms with Crippen LogP contribution in [0.3, 0.4) is 0 Å². The number of ether oxygens (including phenoxy) is 1. The lowest BCUT2D eigenvalue weighted by Crippen LogP contribution is -2.20. The Morgan fingerprint density at radius 1 is 1.44 bits per heavy atom. The molecule has 1 aromatic carbocycles. The molecule has 0 aromatic heterocycles. The molecule has 0 aliphatic heterocycles. The van der Waals surface area contributed by atoms with Crippen LogP contribution >= 0.6 is 11.6 Å². The number of hydrogen-bond acceptors (Lipinski definition) is 3. The van der Waals surface area contributed by atoms with Gasteiger partial charge in [0.1, 0.15) is 11.3 Å². The zero-order valence-corrected chi connectivity index (χ0v) is 9.79. The molecule has 0 heterocycles. The number of anilines is 1. The molecular formula is C10H8ClF2NO4. The van der Waals surface area contributed by atoms with Crippen molar-refractivity contribution in [3.05, 3.63) is 22.7 Å². The first-order chi connectivity index (χ1) is 8.36. The fourth-order valence-electron chi connectivity index (χ4n) is 1.17. The summed E-state index contributed by atoms with van der Waals surface area (Å²) >= 11 is 5.67. The number of rotatable bonds is 4. The number of aromatic carboxylic acids is 1. The first-order valence-electron chi connectivity index (χ1n) is 4.56. The largest absolute Gasteiger partial charge is 0.496 e. The van der Waals surface area contributed by atoms with Crippen LogP contribution in [0.2, 0.25) is 5.02 Å². The van der Waals surface area contributed by atoms with Gasteiger partial charge in [0.2, 0.25) is 0 Å². The number of carboxylic acid groups (broad SMARTS) is 1. The van der Waals surface area contributed by atoms with Crippen molar-refractivity contribution in [1.82, 2.24) is 0 Å². The summed E-state index contributed by atoms with van der Waals surface area (Å²) in [6.45, 7) is 0. The third-order valence-corrected chi connectivity index (χ3v) is 2.29. The van der Waals surface area contributed by atoms with Crippen LogP contribution in [0.1, 0.15) is 10.4 Å². The average molecular weight is 280 g/mol. The smallest absolute Gasteiger partial charge is 0.339 e. The highest BCUT2D eigenvalue weighted by Crippen LogP contribution is 2.31. The Bertz CT molecular complexity index is 493. The highest BCUT2D eigenvalue weighted by molar-refractivity contribution is 6.34. The number of methoxy groups -OCH3 is 1. The van der Waals surface area contributed by atoms with Gasteiger partial charge in [-0.15, -0.1) is 0 Å². The molecule has 0 bridgehead atoms. The van der Waals surface area contributed by atoms with Crippen LogP contribution in [0, 0.1) is 0 Å². The van der Waals surface area contributed by atoms with E-state index in [2.05, 4.69) is 0 Å². The monoisotopic (exact) mass is 279 g/mol. The summed E-state index contributed by atoms with van der Waals surface area (Å²) in [6, 6.07) is 2.07. The van der Waals surface area contributed by atoms with Gasteiger partial charge in [0.25, 0.3) is 5.91 Å². The molecule has 98 valence electrons. The number of nitrogens with one attached hydrogen (secondary N) is 1. The van der Waals surface area contributed by atoms with E-state index in [1.54, 1.807) is 0 Å². The van der Waals surface area contributed by atoms with Crippen LogP contribution in [0.25, 0.3) is 0 Å². The topological polar surface area (TPSA) is 75.6 Å². The number of carbonyl (C=O) groups is 2. The summed E-state index contributed by atoms with van der Waals surface area (Å²) in [6.07, 6.45) is -3.20. The molecule has 0 aliphatic carbocycles. The van der Waals surface area contributed by atoms with Crippen molar-refractivity contribution in [3.8, 4) is 5.75 Å². The van der Waals surface area contributed by atoms with Crippen LogP contribution in [0.15, 0.2) is 12.1 Å². The standard InChI is InChI=1S/C10H8ClF2NO4/c1-18-7-3-6(14-9(15)8(12)13)5(11)2-4(7)10(16)17/h2-3,8H,1H3,(H,14,15)(H,16,17). The van der Waals surface area contributed by atoms with Gasteiger partial charge in [0.05, 0.1) is 17.8 Å². The van der Waals surface area contributed by atoms with E-state index < -0.39 is 18.3 Å². The SMILES string of the molecule is COc1cc(NC(=O)C(F)F)c(Cl)cc1C(=O)O. The molecular weight excluding hydrogens is 272 g/mol. The number of alkyl halides is 2. The van der Waals surface area contributed by atoms with E-state index in [-0.39, 0.29) is 22.0 Å². The van der Waals surface area contributed by atoms with Crippen LogP contribution in [-0.2, 0) is 4.79 Å². The molecule has 8 heteroatoms. The molecule has 0 saturated heterocycles. The zero-order valence-electron chi connectivity index (χ0n) is 9.04. The van der Waals surface area contributed by atoms with Crippen LogP contribution in [-0.4, -0.2) is 30.5 Å². The van der Waals surface area contributed by atoms with Gasteiger partial charge in [-0.05, 0) is 6.07 Å². The van der Waals surface area contributed by atoms with Crippen LogP contribution in [0.4, 0.5) is 14.5 Å². The maximum atomic E-state index is 12.1. The van der Waals surface area contributed by atoms with Gasteiger partial charge in [0.15, 0.2) is 0 Å². The molecule has 2 N–H and O–H groups in total. The summed E-state index contributed by atoms with van der Waals surface area (Å²) in [5.74, 6) is -2.93. The third-order valence-electron chi connectivity index (χ3n) is 1.98. The quantitative estimate of drug-likeness (QED) is 0.886. The molecule has 5 nitrogen and oxygen atoms in total. The van der Waals surface area contributed by atoms with Gasteiger partial charge in [-0.1, -0.05) is 11.6 Å². The molecule has 0 aliphatic rings. The fourth-order valence-corrected chi connectivity index (χ4v) is 1.38. The van der Waals surface area contributed by atoms with Crippen molar-refractivity contribution in [2.45, 2.75) is 6.43 Å². The minimum atomic E-state index is -3.20. The van der Waals surface area contributed by atoms with Gasteiger partial charge < -0.3 is 15.2 Å². The van der Waals surface area contributed by atoms with E-state index in [4.69, 9.17) is 21.4 Å². The van der Waals surface area contributed by atoms with E-state index in [0.717, 1.165) is 12.1 Å². The first kappa shape index (κ1) is 14.2. The summed E-state index contributed by atoms with van der Waals surface area (Å²) in [5.41, 5.74) is -0.388. The van der Waals surface area contributed by atoms with Gasteiger partial charge in [0, 0.05) is 6.07 Å². The van der Waals surface area contributed by atoms with Crippen molar-refractivity contribution in [2.24, 2.45) is 0 Å². The predicted molar refractivity (Wildman–Crippen MR) is 59.6 cm³/mol. The number of halogens is 3. The molecule has 0 radical (unpaired) electrons. The first-order valence-corrected chi connectivity index (χ1v) is 4.94. The molecule has 0 spiro atoms. The Morgan fingerprint density at radius 2 is 2.06 bits per heavy atom. The molecule has 1 amide bonds. The number of benzene rings is 1. The molecule has 0 atom stereocenters. The minimum Gasteiger partial charge on any atom is -0.496 e. The van der Waals surface area contributed by atoms with Gasteiger partial charge in [-0.3, -0.25) is 4.79 Å². The number of hydrogen-bond donors (Lipinski definition) is 2. The highest BCUT2D eigenvalue weighted by Gasteiger charge is 2.19. The van der Waals surface area contributed by atoms with E-state index >= 15 is 0 Å². The maximum absolute atomic E-state index is 12.1. The predicted octanol–water partition coefficient (Wildman–Crippen LogP) is 2.25. The van der Waals surface area contributed by atoms with Crippen molar-refractivity contribution in [2.75, 3.05) is 12.4 Å². The van der Waals surface area contributed by atoms with Gasteiger partial charge in [-0.2, -0.15) is 8.78 Å². The second-order valence-corrected chi connectivity index (χ2v) is 3.53. The van der Waals surface area contributed by atoms with Gasteiger partial charge in [-0.25, -0.2) is 4.79 Å².